The molecular formula is C33H39Cl3N6O3S. The van der Waals surface area contributed by atoms with Gasteiger partial charge < -0.3 is 29.6 Å². The van der Waals surface area contributed by atoms with Crippen LogP contribution in [-0.4, -0.2) is 65.2 Å². The molecule has 2 fully saturated rings. The predicted octanol–water partition coefficient (Wildman–Crippen LogP) is 7.93. The van der Waals surface area contributed by atoms with Crippen LogP contribution in [-0.2, 0) is 16.1 Å². The van der Waals surface area contributed by atoms with Crippen LogP contribution in [0.25, 0.3) is 21.1 Å². The van der Waals surface area contributed by atoms with Gasteiger partial charge in [0, 0.05) is 48.8 Å². The number of aromatic nitrogens is 3. The molecule has 0 aliphatic carbocycles. The first kappa shape index (κ1) is 35.7. The Balaban J connectivity index is 0.000000628. The number of amides is 1. The number of nitrogens with zero attached hydrogens (tertiary/aromatic N) is 4. The highest BCUT2D eigenvalue weighted by Gasteiger charge is 2.23. The molecule has 0 radical (unpaired) electrons. The monoisotopic (exact) mass is 704 g/mol. The van der Waals surface area contributed by atoms with Crippen LogP contribution in [0.15, 0.2) is 66.4 Å². The lowest BCUT2D eigenvalue weighted by molar-refractivity contribution is -0.126. The van der Waals surface area contributed by atoms with Gasteiger partial charge >= 0.3 is 0 Å². The van der Waals surface area contributed by atoms with E-state index in [1.807, 2.05) is 48.7 Å². The third-order valence-electron chi connectivity index (χ3n) is 7.97. The van der Waals surface area contributed by atoms with E-state index in [9.17, 15) is 4.79 Å². The fourth-order valence-electron chi connectivity index (χ4n) is 5.46. The highest BCUT2D eigenvalue weighted by atomic mass is 35.5. The van der Waals surface area contributed by atoms with Gasteiger partial charge in [-0.25, -0.2) is 9.97 Å². The Kier molecular flexibility index (Phi) is 13.3. The number of thiophene rings is 1. The van der Waals surface area contributed by atoms with Crippen LogP contribution in [0.5, 0.6) is 11.5 Å². The summed E-state index contributed by atoms with van der Waals surface area (Å²) in [5.41, 5.74) is 2.47. The third kappa shape index (κ3) is 9.02. The number of nitrogens with one attached hydrogen (secondary N) is 2. The predicted molar refractivity (Wildman–Crippen MR) is 192 cm³/mol. The van der Waals surface area contributed by atoms with Gasteiger partial charge in [0.15, 0.2) is 5.82 Å². The molecular weight excluding hydrogens is 667 g/mol. The molecule has 5 heterocycles. The molecule has 13 heteroatoms. The quantitative estimate of drug-likeness (QED) is 0.169. The minimum absolute atomic E-state index is 0. The van der Waals surface area contributed by atoms with Crippen molar-refractivity contribution in [2.45, 2.75) is 32.2 Å². The summed E-state index contributed by atoms with van der Waals surface area (Å²) in [5.74, 6) is 2.22. The SMILES string of the molecule is C1CCOC1.CN1CCC(C(=O)NCCn2ccc3ncnc(Nc4ccc(Oc5ccc6ccsc6c5)c(Cl)c4)c32)CC1.Cl.Cl. The smallest absolute Gasteiger partial charge is 0.223 e. The van der Waals surface area contributed by atoms with Gasteiger partial charge in [-0.1, -0.05) is 11.6 Å². The maximum atomic E-state index is 12.6. The van der Waals surface area contributed by atoms with Crippen LogP contribution in [0, 0.1) is 5.92 Å². The standard InChI is InChI=1S/C29H29ClN6O2S.C4H8O.2ClH/c1-35-11-6-20(7-12-35)29(37)31-10-14-36-13-8-24-27(36)28(33-18-32-24)34-21-3-5-25(23(30)16-21)38-22-4-2-19-9-15-39-26(19)17-22;1-2-4-5-3-1;;/h2-5,8-9,13,15-18,20H,6-7,10-12,14H2,1H3,(H,31,37)(H,32,33,34);1-4H2;2*1H. The first-order valence-corrected chi connectivity index (χ1v) is 16.3. The fourth-order valence-corrected chi connectivity index (χ4v) is 6.50. The highest BCUT2D eigenvalue weighted by molar-refractivity contribution is 7.17. The zero-order valence-corrected chi connectivity index (χ0v) is 28.8. The van der Waals surface area contributed by atoms with Crippen molar-refractivity contribution in [1.82, 2.24) is 24.8 Å². The Morgan fingerprint density at radius 2 is 1.87 bits per heavy atom. The summed E-state index contributed by atoms with van der Waals surface area (Å²) in [6, 6.07) is 15.6. The Hall–Kier alpha value is -3.12. The van der Waals surface area contributed by atoms with E-state index in [2.05, 4.69) is 48.6 Å². The molecule has 1 amide bonds. The summed E-state index contributed by atoms with van der Waals surface area (Å²) in [5, 5.41) is 10.2. The minimum atomic E-state index is 0. The molecule has 9 nitrogen and oxygen atoms in total. The molecule has 0 saturated carbocycles. The molecule has 3 aromatic heterocycles. The normalized spacial score (nSPS) is 15.0. The number of ether oxygens (including phenoxy) is 2. The molecule has 0 bridgehead atoms. The highest BCUT2D eigenvalue weighted by Crippen LogP contribution is 2.35. The molecule has 2 saturated heterocycles. The number of halogens is 3. The largest absolute Gasteiger partial charge is 0.456 e. The van der Waals surface area contributed by atoms with Crippen LogP contribution in [0.4, 0.5) is 11.5 Å². The van der Waals surface area contributed by atoms with Gasteiger partial charge in [-0.15, -0.1) is 36.2 Å². The number of carbonyl (C=O) groups is 1. The Bertz CT molecular complexity index is 1710. The Morgan fingerprint density at radius 3 is 2.61 bits per heavy atom. The van der Waals surface area contributed by atoms with Crippen molar-refractivity contribution >= 4 is 86.3 Å². The van der Waals surface area contributed by atoms with Gasteiger partial charge in [0.2, 0.25) is 5.91 Å². The van der Waals surface area contributed by atoms with E-state index in [4.69, 9.17) is 21.1 Å². The maximum Gasteiger partial charge on any atom is 0.223 e. The second-order valence-corrected chi connectivity index (χ2v) is 12.5. The summed E-state index contributed by atoms with van der Waals surface area (Å²) < 4.78 is 14.2. The Morgan fingerprint density at radius 1 is 1.07 bits per heavy atom. The molecule has 7 rings (SSSR count). The molecule has 5 aromatic rings. The van der Waals surface area contributed by atoms with Gasteiger partial charge in [0.1, 0.15) is 23.3 Å². The summed E-state index contributed by atoms with van der Waals surface area (Å²) in [6.45, 7) is 5.09. The molecule has 2 aliphatic rings. The molecule has 246 valence electrons. The maximum absolute atomic E-state index is 12.6. The van der Waals surface area contributed by atoms with Gasteiger partial charge in [0.05, 0.1) is 10.5 Å². The molecule has 2 aromatic carbocycles. The lowest BCUT2D eigenvalue weighted by Gasteiger charge is -2.28. The summed E-state index contributed by atoms with van der Waals surface area (Å²) in [6.07, 6.45) is 7.89. The minimum Gasteiger partial charge on any atom is -0.456 e. The fraction of sp³-hybridized carbons (Fsp3) is 0.364. The third-order valence-corrected chi connectivity index (χ3v) is 9.14. The second kappa shape index (κ2) is 17.2. The van der Waals surface area contributed by atoms with Gasteiger partial charge in [-0.3, -0.25) is 4.79 Å². The van der Waals surface area contributed by atoms with Gasteiger partial charge in [-0.2, -0.15) is 0 Å². The van der Waals surface area contributed by atoms with E-state index in [-0.39, 0.29) is 36.6 Å². The topological polar surface area (TPSA) is 93.5 Å². The zero-order chi connectivity index (χ0) is 30.3. The van der Waals surface area contributed by atoms with E-state index in [1.165, 1.54) is 29.3 Å². The van der Waals surface area contributed by atoms with Crippen molar-refractivity contribution in [3.63, 3.8) is 0 Å². The van der Waals surface area contributed by atoms with E-state index in [0.717, 1.165) is 61.6 Å². The van der Waals surface area contributed by atoms with Gasteiger partial charge in [0.25, 0.3) is 0 Å². The van der Waals surface area contributed by atoms with Crippen molar-refractivity contribution in [2.75, 3.05) is 45.2 Å². The number of fused-ring (bicyclic) bond motifs is 2. The number of anilines is 2. The molecule has 2 N–H and O–H groups in total. The van der Waals surface area contributed by atoms with Crippen LogP contribution in [0.1, 0.15) is 25.7 Å². The number of carbonyl (C=O) groups excluding carboxylic acids is 1. The lowest BCUT2D eigenvalue weighted by Crippen LogP contribution is -2.39. The number of hydrogen-bond donors (Lipinski definition) is 2. The van der Waals surface area contributed by atoms with Crippen LogP contribution >= 0.6 is 47.8 Å². The van der Waals surface area contributed by atoms with E-state index in [0.29, 0.717) is 29.7 Å². The molecule has 0 spiro atoms. The van der Waals surface area contributed by atoms with E-state index < -0.39 is 0 Å². The number of likely N-dealkylation sites (tertiary alicyclic amines) is 1. The molecule has 2 aliphatic heterocycles. The van der Waals surface area contributed by atoms with Crippen LogP contribution in [0.2, 0.25) is 5.02 Å². The number of benzene rings is 2. The number of rotatable bonds is 8. The molecule has 46 heavy (non-hydrogen) atoms. The number of hydrogen-bond acceptors (Lipinski definition) is 8. The molecule has 0 unspecified atom stereocenters. The van der Waals surface area contributed by atoms with Crippen molar-refractivity contribution < 1.29 is 14.3 Å². The van der Waals surface area contributed by atoms with Crippen molar-refractivity contribution in [3.05, 3.63) is 71.5 Å². The summed E-state index contributed by atoms with van der Waals surface area (Å²) in [4.78, 5) is 23.8. The average molecular weight is 706 g/mol. The van der Waals surface area contributed by atoms with E-state index in [1.54, 1.807) is 11.3 Å². The van der Waals surface area contributed by atoms with E-state index >= 15 is 0 Å². The first-order chi connectivity index (χ1) is 21.5. The average Bonchev–Trinajstić information content (AvgIpc) is 3.83. The Labute approximate surface area is 290 Å². The summed E-state index contributed by atoms with van der Waals surface area (Å²) in [7, 11) is 2.10. The van der Waals surface area contributed by atoms with Crippen LogP contribution < -0.4 is 15.4 Å². The molecule has 0 atom stereocenters. The zero-order valence-electron chi connectivity index (χ0n) is 25.6. The van der Waals surface area contributed by atoms with Crippen molar-refractivity contribution in [2.24, 2.45) is 5.92 Å². The lowest BCUT2D eigenvalue weighted by atomic mass is 9.96. The van der Waals surface area contributed by atoms with Crippen molar-refractivity contribution in [1.29, 1.82) is 0 Å². The van der Waals surface area contributed by atoms with Gasteiger partial charge in [-0.05, 0) is 105 Å². The number of piperidine rings is 1. The van der Waals surface area contributed by atoms with Crippen molar-refractivity contribution in [3.8, 4) is 11.5 Å². The first-order valence-electron chi connectivity index (χ1n) is 15.1. The summed E-state index contributed by atoms with van der Waals surface area (Å²) >= 11 is 8.27. The second-order valence-electron chi connectivity index (χ2n) is 11.1. The van der Waals surface area contributed by atoms with Crippen LogP contribution in [0.3, 0.4) is 0 Å².